The lowest BCUT2D eigenvalue weighted by Crippen LogP contribution is -2.35. The van der Waals surface area contributed by atoms with Crippen LogP contribution in [0.3, 0.4) is 0 Å². The predicted molar refractivity (Wildman–Crippen MR) is 87.2 cm³/mol. The van der Waals surface area contributed by atoms with Crippen molar-refractivity contribution in [2.75, 3.05) is 5.32 Å². The summed E-state index contributed by atoms with van der Waals surface area (Å²) in [6.07, 6.45) is -0.272. The Morgan fingerprint density at radius 1 is 1.08 bits per heavy atom. The Bertz CT molecular complexity index is 752. The van der Waals surface area contributed by atoms with E-state index in [4.69, 9.17) is 9.47 Å². The lowest BCUT2D eigenvalue weighted by atomic mass is 10.2. The van der Waals surface area contributed by atoms with Gasteiger partial charge in [-0.2, -0.15) is 0 Å². The highest BCUT2D eigenvalue weighted by atomic mass is 19.1. The molecular weight excluding hydrogens is 348 g/mol. The number of hydrogen-bond acceptors (Lipinski definition) is 6. The van der Waals surface area contributed by atoms with Crippen LogP contribution in [0.2, 0.25) is 0 Å². The van der Waals surface area contributed by atoms with Crippen molar-refractivity contribution in [1.29, 1.82) is 0 Å². The third-order valence-corrected chi connectivity index (χ3v) is 3.04. The Morgan fingerprint density at radius 3 is 2.27 bits per heavy atom. The largest absolute Gasteiger partial charge is 0.460 e. The van der Waals surface area contributed by atoms with Gasteiger partial charge in [-0.15, -0.1) is 0 Å². The van der Waals surface area contributed by atoms with Crippen LogP contribution in [0.1, 0.15) is 19.7 Å². The number of anilines is 1. The predicted octanol–water partition coefficient (Wildman–Crippen LogP) is 2.87. The van der Waals surface area contributed by atoms with Gasteiger partial charge in [-0.05, 0) is 32.0 Å². The fraction of sp³-hybridized carbons (Fsp3) is 0.294. The van der Waals surface area contributed by atoms with E-state index in [1.54, 1.807) is 19.9 Å². The Labute approximate surface area is 148 Å². The molecule has 26 heavy (non-hydrogen) atoms. The molecule has 0 saturated carbocycles. The van der Waals surface area contributed by atoms with Crippen molar-refractivity contribution in [1.82, 2.24) is 9.97 Å². The van der Waals surface area contributed by atoms with Crippen molar-refractivity contribution in [2.45, 2.75) is 32.5 Å². The normalized spacial score (nSPS) is 11.7. The van der Waals surface area contributed by atoms with E-state index < -0.39 is 41.6 Å². The molecule has 0 spiro atoms. The van der Waals surface area contributed by atoms with Crippen LogP contribution in [0.4, 0.5) is 19.3 Å². The van der Waals surface area contributed by atoms with Crippen molar-refractivity contribution in [3.63, 3.8) is 0 Å². The number of carbonyl (C=O) groups is 2. The molecule has 2 aromatic rings. The molecule has 0 saturated heterocycles. The summed E-state index contributed by atoms with van der Waals surface area (Å²) in [6, 6.07) is 4.68. The van der Waals surface area contributed by atoms with E-state index in [0.717, 1.165) is 18.2 Å². The maximum Gasteiger partial charge on any atom is 0.412 e. The van der Waals surface area contributed by atoms with Crippen molar-refractivity contribution >= 4 is 17.7 Å². The molecule has 1 unspecified atom stereocenters. The molecule has 7 nitrogen and oxygen atoms in total. The van der Waals surface area contributed by atoms with Gasteiger partial charge in [-0.1, -0.05) is 6.07 Å². The number of carbonyl (C=O) groups excluding carboxylic acids is 2. The molecule has 1 aromatic heterocycles. The highest BCUT2D eigenvalue weighted by Gasteiger charge is 2.27. The molecule has 0 fully saturated rings. The summed E-state index contributed by atoms with van der Waals surface area (Å²) >= 11 is 0. The zero-order chi connectivity index (χ0) is 19.1. The Kier molecular flexibility index (Phi) is 6.54. The zero-order valence-electron chi connectivity index (χ0n) is 14.1. The molecular formula is C17H17F2N3O4. The lowest BCUT2D eigenvalue weighted by Gasteiger charge is -2.18. The summed E-state index contributed by atoms with van der Waals surface area (Å²) in [7, 11) is 0. The molecule has 0 aliphatic heterocycles. The van der Waals surface area contributed by atoms with E-state index in [1.807, 2.05) is 5.32 Å². The van der Waals surface area contributed by atoms with Gasteiger partial charge in [0.05, 0.1) is 12.5 Å². The number of halogens is 2. The van der Waals surface area contributed by atoms with Gasteiger partial charge in [-0.25, -0.2) is 28.3 Å². The minimum atomic E-state index is -1.38. The second kappa shape index (κ2) is 8.84. The van der Waals surface area contributed by atoms with Gasteiger partial charge < -0.3 is 9.47 Å². The monoisotopic (exact) mass is 365 g/mol. The summed E-state index contributed by atoms with van der Waals surface area (Å²) in [5.74, 6) is -2.54. The van der Waals surface area contributed by atoms with Crippen molar-refractivity contribution in [2.24, 2.45) is 0 Å². The molecule has 1 amide bonds. The standard InChI is InChI=1S/C17H17F2N3O4/c1-10(2)25-16(23)13(9-14-20-7-4-8-21-14)26-17(24)22-15-11(18)5-3-6-12(15)19/h3-8,10,13H,9H2,1-2H3,(H,22,24). The number of rotatable bonds is 6. The molecule has 9 heteroatoms. The van der Waals surface area contributed by atoms with Crippen LogP contribution in [0.25, 0.3) is 0 Å². The third kappa shape index (κ3) is 5.47. The SMILES string of the molecule is CC(C)OC(=O)C(Cc1ncccn1)OC(=O)Nc1c(F)cccc1F. The summed E-state index contributed by atoms with van der Waals surface area (Å²) in [4.78, 5) is 32.0. The second-order valence-corrected chi connectivity index (χ2v) is 5.47. The van der Waals surface area contributed by atoms with Gasteiger partial charge in [0, 0.05) is 12.4 Å². The molecule has 1 aromatic carbocycles. The second-order valence-electron chi connectivity index (χ2n) is 5.47. The van der Waals surface area contributed by atoms with Crippen LogP contribution < -0.4 is 5.32 Å². The van der Waals surface area contributed by atoms with Crippen LogP contribution in [-0.2, 0) is 20.7 Å². The highest BCUT2D eigenvalue weighted by Crippen LogP contribution is 2.18. The minimum Gasteiger partial charge on any atom is -0.460 e. The van der Waals surface area contributed by atoms with E-state index in [2.05, 4.69) is 9.97 Å². The number of nitrogens with zero attached hydrogens (tertiary/aromatic N) is 2. The number of para-hydroxylation sites is 1. The lowest BCUT2D eigenvalue weighted by molar-refractivity contribution is -0.157. The first kappa shape index (κ1) is 19.2. The third-order valence-electron chi connectivity index (χ3n) is 3.04. The van der Waals surface area contributed by atoms with E-state index in [0.29, 0.717) is 0 Å². The van der Waals surface area contributed by atoms with E-state index in [9.17, 15) is 18.4 Å². The maximum atomic E-state index is 13.6. The maximum absolute atomic E-state index is 13.6. The quantitative estimate of drug-likeness (QED) is 0.792. The number of amides is 1. The van der Waals surface area contributed by atoms with Crippen LogP contribution in [0.5, 0.6) is 0 Å². The first-order valence-electron chi connectivity index (χ1n) is 7.75. The van der Waals surface area contributed by atoms with Crippen LogP contribution in [0.15, 0.2) is 36.7 Å². The topological polar surface area (TPSA) is 90.4 Å². The highest BCUT2D eigenvalue weighted by molar-refractivity contribution is 5.87. The average molecular weight is 365 g/mol. The summed E-state index contributed by atoms with van der Waals surface area (Å²) in [5, 5.41) is 1.94. The summed E-state index contributed by atoms with van der Waals surface area (Å²) in [5.41, 5.74) is -0.676. The van der Waals surface area contributed by atoms with Crippen molar-refractivity contribution < 1.29 is 27.8 Å². The molecule has 2 rings (SSSR count). The van der Waals surface area contributed by atoms with E-state index in [1.165, 1.54) is 12.4 Å². The van der Waals surface area contributed by atoms with Crippen LogP contribution in [0, 0.1) is 11.6 Å². The molecule has 0 radical (unpaired) electrons. The van der Waals surface area contributed by atoms with Crippen LogP contribution >= 0.6 is 0 Å². The molecule has 138 valence electrons. The minimum absolute atomic E-state index is 0.153. The molecule has 1 atom stereocenters. The number of nitrogens with one attached hydrogen (secondary N) is 1. The molecule has 0 aliphatic carbocycles. The Hall–Kier alpha value is -3.10. The first-order chi connectivity index (χ1) is 12.4. The van der Waals surface area contributed by atoms with E-state index in [-0.39, 0.29) is 12.2 Å². The van der Waals surface area contributed by atoms with Gasteiger partial charge in [0.2, 0.25) is 6.10 Å². The number of aromatic nitrogens is 2. The molecule has 0 aliphatic rings. The number of benzene rings is 1. The molecule has 1 heterocycles. The number of hydrogen-bond donors (Lipinski definition) is 1. The fourth-order valence-electron chi connectivity index (χ4n) is 1.96. The Morgan fingerprint density at radius 2 is 1.69 bits per heavy atom. The van der Waals surface area contributed by atoms with Crippen molar-refractivity contribution in [3.8, 4) is 0 Å². The van der Waals surface area contributed by atoms with E-state index >= 15 is 0 Å². The summed E-state index contributed by atoms with van der Waals surface area (Å²) in [6.45, 7) is 3.26. The number of esters is 1. The smallest absolute Gasteiger partial charge is 0.412 e. The van der Waals surface area contributed by atoms with Crippen LogP contribution in [-0.4, -0.2) is 34.2 Å². The first-order valence-corrected chi connectivity index (χ1v) is 7.75. The Balaban J connectivity index is 2.12. The average Bonchev–Trinajstić information content (AvgIpc) is 2.58. The molecule has 0 bridgehead atoms. The zero-order valence-corrected chi connectivity index (χ0v) is 14.1. The van der Waals surface area contributed by atoms with Gasteiger partial charge in [-0.3, -0.25) is 5.32 Å². The van der Waals surface area contributed by atoms with Gasteiger partial charge in [0.1, 0.15) is 23.1 Å². The van der Waals surface area contributed by atoms with Gasteiger partial charge in [0.25, 0.3) is 0 Å². The fourth-order valence-corrected chi connectivity index (χ4v) is 1.96. The van der Waals surface area contributed by atoms with Crippen molar-refractivity contribution in [3.05, 3.63) is 54.1 Å². The summed E-state index contributed by atoms with van der Waals surface area (Å²) < 4.78 is 37.2. The number of ether oxygens (including phenoxy) is 2. The molecule has 1 N–H and O–H groups in total. The van der Waals surface area contributed by atoms with Gasteiger partial charge >= 0.3 is 12.1 Å². The van der Waals surface area contributed by atoms with Gasteiger partial charge in [0.15, 0.2) is 0 Å².